The molecule has 0 amide bonds. The molecule has 3 aromatic rings. The number of para-hydroxylation sites is 1. The molecule has 0 spiro atoms. The predicted molar refractivity (Wildman–Crippen MR) is 77.8 cm³/mol. The highest BCUT2D eigenvalue weighted by Gasteiger charge is 2.15. The van der Waals surface area contributed by atoms with Crippen LogP contribution in [0.4, 0.5) is 0 Å². The number of alkyl halides is 1. The molecule has 2 heterocycles. The summed E-state index contributed by atoms with van der Waals surface area (Å²) in [6.45, 7) is 0. The number of hydrogen-bond acceptors (Lipinski definition) is 2. The minimum absolute atomic E-state index is 0.332. The van der Waals surface area contributed by atoms with Gasteiger partial charge in [-0.1, -0.05) is 18.2 Å². The molecule has 0 aliphatic rings. The minimum atomic E-state index is 0.332. The zero-order valence-corrected chi connectivity index (χ0v) is 11.4. The highest BCUT2D eigenvalue weighted by atomic mass is 35.5. The number of halogens is 1. The Bertz CT molecular complexity index is 731. The maximum atomic E-state index is 11.1. The molecule has 0 unspecified atom stereocenters. The number of benzene rings is 1. The molecule has 20 heavy (non-hydrogen) atoms. The van der Waals surface area contributed by atoms with E-state index in [1.807, 2.05) is 42.6 Å². The van der Waals surface area contributed by atoms with E-state index in [1.165, 1.54) is 0 Å². The summed E-state index contributed by atoms with van der Waals surface area (Å²) in [5.41, 5.74) is 2.35. The molecule has 0 bridgehead atoms. The first kappa shape index (κ1) is 12.7. The molecule has 100 valence electrons. The lowest BCUT2D eigenvalue weighted by molar-refractivity contribution is 0.111. The first-order chi connectivity index (χ1) is 9.85. The first-order valence-electron chi connectivity index (χ1n) is 6.16. The smallest absolute Gasteiger partial charge is 0.166 e. The van der Waals surface area contributed by atoms with Gasteiger partial charge in [-0.3, -0.25) is 9.36 Å². The zero-order valence-electron chi connectivity index (χ0n) is 10.6. The fourth-order valence-electron chi connectivity index (χ4n) is 2.17. The first-order valence-corrected chi connectivity index (χ1v) is 6.70. The van der Waals surface area contributed by atoms with Crippen molar-refractivity contribution in [3.63, 3.8) is 0 Å². The Morgan fingerprint density at radius 3 is 2.65 bits per heavy atom. The van der Waals surface area contributed by atoms with Gasteiger partial charge in [-0.2, -0.15) is 5.10 Å². The molecular weight excluding hydrogens is 274 g/mol. The van der Waals surface area contributed by atoms with Crippen LogP contribution >= 0.6 is 11.6 Å². The van der Waals surface area contributed by atoms with Crippen LogP contribution in [0, 0.1) is 0 Å². The van der Waals surface area contributed by atoms with Crippen LogP contribution in [0.1, 0.15) is 16.1 Å². The average Bonchev–Trinajstić information content (AvgIpc) is 3.13. The molecule has 0 aliphatic carbocycles. The molecule has 0 N–H and O–H groups in total. The molecule has 0 atom stereocenters. The number of carbonyl (C=O) groups is 1. The summed E-state index contributed by atoms with van der Waals surface area (Å²) in [6, 6.07) is 13.3. The third-order valence-electron chi connectivity index (χ3n) is 3.09. The van der Waals surface area contributed by atoms with Crippen molar-refractivity contribution in [1.29, 1.82) is 0 Å². The van der Waals surface area contributed by atoms with Gasteiger partial charge in [0.25, 0.3) is 0 Å². The Hall–Kier alpha value is -2.33. The fraction of sp³-hybridized carbons (Fsp3) is 0.0667. The Morgan fingerprint density at radius 2 is 1.95 bits per heavy atom. The quantitative estimate of drug-likeness (QED) is 0.545. The molecule has 5 heteroatoms. The number of nitrogens with zero attached hydrogens (tertiary/aromatic N) is 3. The number of aldehydes is 1. The zero-order chi connectivity index (χ0) is 13.9. The summed E-state index contributed by atoms with van der Waals surface area (Å²) in [4.78, 5) is 11.1. The summed E-state index contributed by atoms with van der Waals surface area (Å²) in [5, 5.41) is 4.38. The summed E-state index contributed by atoms with van der Waals surface area (Å²) in [7, 11) is 0. The lowest BCUT2D eigenvalue weighted by Crippen LogP contribution is -2.08. The van der Waals surface area contributed by atoms with E-state index in [0.717, 1.165) is 23.4 Å². The largest absolute Gasteiger partial charge is 0.298 e. The SMILES string of the molecule is O=Cc1cccn1-c1c(CCl)cnn1-c1ccccc1. The van der Waals surface area contributed by atoms with E-state index >= 15 is 0 Å². The van der Waals surface area contributed by atoms with Crippen molar-refractivity contribution in [3.05, 3.63) is 66.1 Å². The highest BCUT2D eigenvalue weighted by molar-refractivity contribution is 6.17. The van der Waals surface area contributed by atoms with Gasteiger partial charge in [0.05, 0.1) is 23.5 Å². The second-order valence-electron chi connectivity index (χ2n) is 4.30. The van der Waals surface area contributed by atoms with E-state index in [4.69, 9.17) is 11.6 Å². The van der Waals surface area contributed by atoms with Crippen LogP contribution in [-0.2, 0) is 5.88 Å². The Kier molecular flexibility index (Phi) is 3.39. The summed E-state index contributed by atoms with van der Waals surface area (Å²) < 4.78 is 3.58. The molecule has 0 radical (unpaired) electrons. The van der Waals surface area contributed by atoms with E-state index < -0.39 is 0 Å². The Balaban J connectivity index is 2.24. The molecule has 2 aromatic heterocycles. The number of hydrogen-bond donors (Lipinski definition) is 0. The topological polar surface area (TPSA) is 39.8 Å². The summed E-state index contributed by atoms with van der Waals surface area (Å²) in [6.07, 6.45) is 4.38. The molecule has 4 nitrogen and oxygen atoms in total. The Morgan fingerprint density at radius 1 is 1.15 bits per heavy atom. The standard InChI is InChI=1S/C15H12ClN3O/c16-9-12-10-17-19(13-5-2-1-3-6-13)15(12)18-8-4-7-14(18)11-20/h1-8,10-11H,9H2. The van der Waals surface area contributed by atoms with E-state index in [0.29, 0.717) is 11.6 Å². The lowest BCUT2D eigenvalue weighted by atomic mass is 10.3. The molecule has 1 aromatic carbocycles. The number of aromatic nitrogens is 3. The molecule has 0 saturated carbocycles. The van der Waals surface area contributed by atoms with Gasteiger partial charge < -0.3 is 0 Å². The van der Waals surface area contributed by atoms with E-state index in [1.54, 1.807) is 21.5 Å². The van der Waals surface area contributed by atoms with Crippen LogP contribution in [0.3, 0.4) is 0 Å². The second kappa shape index (κ2) is 5.35. The second-order valence-corrected chi connectivity index (χ2v) is 4.56. The van der Waals surface area contributed by atoms with E-state index in [-0.39, 0.29) is 0 Å². The van der Waals surface area contributed by atoms with Crippen LogP contribution in [0.15, 0.2) is 54.9 Å². The van der Waals surface area contributed by atoms with Gasteiger partial charge in [0.1, 0.15) is 5.82 Å². The van der Waals surface area contributed by atoms with E-state index in [2.05, 4.69) is 5.10 Å². The van der Waals surface area contributed by atoms with Crippen molar-refractivity contribution in [3.8, 4) is 11.5 Å². The Labute approximate surface area is 121 Å². The minimum Gasteiger partial charge on any atom is -0.298 e. The fourth-order valence-corrected chi connectivity index (χ4v) is 2.36. The average molecular weight is 286 g/mol. The van der Waals surface area contributed by atoms with Gasteiger partial charge >= 0.3 is 0 Å². The summed E-state index contributed by atoms with van der Waals surface area (Å²) >= 11 is 5.99. The third kappa shape index (κ3) is 2.04. The van der Waals surface area contributed by atoms with Crippen LogP contribution in [-0.4, -0.2) is 20.6 Å². The van der Waals surface area contributed by atoms with Gasteiger partial charge in [0, 0.05) is 11.8 Å². The number of rotatable bonds is 4. The number of carbonyl (C=O) groups excluding carboxylic acids is 1. The normalized spacial score (nSPS) is 10.7. The van der Waals surface area contributed by atoms with Crippen LogP contribution in [0.2, 0.25) is 0 Å². The van der Waals surface area contributed by atoms with Crippen molar-refractivity contribution >= 4 is 17.9 Å². The van der Waals surface area contributed by atoms with Crippen molar-refractivity contribution in [2.45, 2.75) is 5.88 Å². The van der Waals surface area contributed by atoms with E-state index in [9.17, 15) is 4.79 Å². The third-order valence-corrected chi connectivity index (χ3v) is 3.38. The van der Waals surface area contributed by atoms with Gasteiger partial charge in [-0.15, -0.1) is 11.6 Å². The maximum Gasteiger partial charge on any atom is 0.166 e. The predicted octanol–water partition coefficient (Wildman–Crippen LogP) is 3.21. The molecule has 0 saturated heterocycles. The molecular formula is C15H12ClN3O. The maximum absolute atomic E-state index is 11.1. The van der Waals surface area contributed by atoms with Crippen LogP contribution in [0.25, 0.3) is 11.5 Å². The van der Waals surface area contributed by atoms with Gasteiger partial charge in [-0.25, -0.2) is 4.68 Å². The van der Waals surface area contributed by atoms with Crippen LogP contribution < -0.4 is 0 Å². The highest BCUT2D eigenvalue weighted by Crippen LogP contribution is 2.22. The molecule has 3 rings (SSSR count). The molecule has 0 aliphatic heterocycles. The molecule has 0 fully saturated rings. The van der Waals surface area contributed by atoms with Gasteiger partial charge in [0.2, 0.25) is 0 Å². The van der Waals surface area contributed by atoms with Crippen molar-refractivity contribution in [2.75, 3.05) is 0 Å². The van der Waals surface area contributed by atoms with Gasteiger partial charge in [0.15, 0.2) is 6.29 Å². The lowest BCUT2D eigenvalue weighted by Gasteiger charge is -2.11. The monoisotopic (exact) mass is 285 g/mol. The van der Waals surface area contributed by atoms with Crippen LogP contribution in [0.5, 0.6) is 0 Å². The van der Waals surface area contributed by atoms with Crippen molar-refractivity contribution < 1.29 is 4.79 Å². The summed E-state index contributed by atoms with van der Waals surface area (Å²) in [5.74, 6) is 1.12. The van der Waals surface area contributed by atoms with Crippen molar-refractivity contribution in [1.82, 2.24) is 14.3 Å². The van der Waals surface area contributed by atoms with Crippen molar-refractivity contribution in [2.24, 2.45) is 0 Å². The van der Waals surface area contributed by atoms with Gasteiger partial charge in [-0.05, 0) is 24.3 Å².